The Kier molecular flexibility index (Phi) is 3.62. The minimum atomic E-state index is -0.367. The average Bonchev–Trinajstić information content (AvgIpc) is 2.30. The first-order valence-electron chi connectivity index (χ1n) is 6.18. The summed E-state index contributed by atoms with van der Waals surface area (Å²) in [7, 11) is 0. The third-order valence-electron chi connectivity index (χ3n) is 3.48. The molecule has 2 N–H and O–H groups in total. The van der Waals surface area contributed by atoms with E-state index in [4.69, 9.17) is 0 Å². The lowest BCUT2D eigenvalue weighted by atomic mass is 9.91. The Hall–Kier alpha value is -0.860. The molecular weight excluding hydrogens is 198 g/mol. The molecule has 1 aromatic carbocycles. The van der Waals surface area contributed by atoms with E-state index in [9.17, 15) is 5.11 Å². The van der Waals surface area contributed by atoms with Crippen LogP contribution >= 0.6 is 0 Å². The molecule has 0 amide bonds. The second-order valence-electron chi connectivity index (χ2n) is 4.99. The highest BCUT2D eigenvalue weighted by molar-refractivity contribution is 5.26. The van der Waals surface area contributed by atoms with Crippen molar-refractivity contribution in [1.29, 1.82) is 0 Å². The number of hydrogen-bond donors (Lipinski definition) is 2. The summed E-state index contributed by atoms with van der Waals surface area (Å²) in [6.07, 6.45) is 2.15. The van der Waals surface area contributed by atoms with Gasteiger partial charge in [-0.1, -0.05) is 31.2 Å². The van der Waals surface area contributed by atoms with Gasteiger partial charge in [-0.05, 0) is 43.4 Å². The molecule has 0 aliphatic carbocycles. The normalized spacial score (nSPS) is 27.7. The van der Waals surface area contributed by atoms with E-state index in [1.807, 2.05) is 12.1 Å². The fraction of sp³-hybridized carbons (Fsp3) is 0.571. The third-order valence-corrected chi connectivity index (χ3v) is 3.48. The van der Waals surface area contributed by atoms with Crippen LogP contribution in [0.1, 0.15) is 50.0 Å². The zero-order valence-corrected chi connectivity index (χ0v) is 10.1. The Balaban J connectivity index is 2.04. The molecule has 0 spiro atoms. The van der Waals surface area contributed by atoms with Crippen LogP contribution in [-0.2, 0) is 0 Å². The Morgan fingerprint density at radius 1 is 1.25 bits per heavy atom. The lowest BCUT2D eigenvalue weighted by molar-refractivity contribution is 0.199. The number of rotatable bonds is 2. The summed E-state index contributed by atoms with van der Waals surface area (Å²) < 4.78 is 0. The SMILES string of the molecule is CC(O)c1ccc([C@@H]2CC[C@@H](C)CN2)cc1. The maximum Gasteiger partial charge on any atom is 0.0761 e. The van der Waals surface area contributed by atoms with Crippen molar-refractivity contribution in [3.05, 3.63) is 35.4 Å². The van der Waals surface area contributed by atoms with Gasteiger partial charge < -0.3 is 10.4 Å². The number of aliphatic hydroxyl groups excluding tert-OH is 1. The number of benzene rings is 1. The van der Waals surface area contributed by atoms with Crippen molar-refractivity contribution in [3.63, 3.8) is 0 Å². The van der Waals surface area contributed by atoms with Crippen molar-refractivity contribution in [1.82, 2.24) is 5.32 Å². The quantitative estimate of drug-likeness (QED) is 0.801. The van der Waals surface area contributed by atoms with Gasteiger partial charge in [0.25, 0.3) is 0 Å². The lowest BCUT2D eigenvalue weighted by Gasteiger charge is -2.28. The molecule has 1 heterocycles. The highest BCUT2D eigenvalue weighted by atomic mass is 16.3. The van der Waals surface area contributed by atoms with E-state index < -0.39 is 0 Å². The molecule has 1 unspecified atom stereocenters. The summed E-state index contributed by atoms with van der Waals surface area (Å²) >= 11 is 0. The van der Waals surface area contributed by atoms with Crippen molar-refractivity contribution < 1.29 is 5.11 Å². The molecule has 0 bridgehead atoms. The van der Waals surface area contributed by atoms with Crippen LogP contribution in [0.25, 0.3) is 0 Å². The maximum atomic E-state index is 9.44. The molecule has 1 aliphatic rings. The van der Waals surface area contributed by atoms with E-state index >= 15 is 0 Å². The summed E-state index contributed by atoms with van der Waals surface area (Å²) in [6.45, 7) is 5.21. The van der Waals surface area contributed by atoms with E-state index in [1.54, 1.807) is 6.92 Å². The smallest absolute Gasteiger partial charge is 0.0761 e. The molecule has 88 valence electrons. The van der Waals surface area contributed by atoms with E-state index in [0.29, 0.717) is 6.04 Å². The van der Waals surface area contributed by atoms with Crippen LogP contribution in [0.3, 0.4) is 0 Å². The molecule has 2 rings (SSSR count). The van der Waals surface area contributed by atoms with Gasteiger partial charge in [-0.25, -0.2) is 0 Å². The first-order valence-corrected chi connectivity index (χ1v) is 6.18. The van der Waals surface area contributed by atoms with E-state index in [0.717, 1.165) is 18.0 Å². The van der Waals surface area contributed by atoms with Crippen LogP contribution in [0.15, 0.2) is 24.3 Å². The minimum absolute atomic E-state index is 0.367. The van der Waals surface area contributed by atoms with Gasteiger partial charge in [0.1, 0.15) is 0 Å². The average molecular weight is 219 g/mol. The van der Waals surface area contributed by atoms with Gasteiger partial charge in [-0.2, -0.15) is 0 Å². The second-order valence-corrected chi connectivity index (χ2v) is 4.99. The van der Waals surface area contributed by atoms with Crippen molar-refractivity contribution in [2.75, 3.05) is 6.54 Å². The minimum Gasteiger partial charge on any atom is -0.389 e. The maximum absolute atomic E-state index is 9.44. The van der Waals surface area contributed by atoms with Crippen LogP contribution in [0.4, 0.5) is 0 Å². The molecule has 0 radical (unpaired) electrons. The molecule has 1 saturated heterocycles. The second kappa shape index (κ2) is 4.98. The predicted molar refractivity (Wildman–Crippen MR) is 66.2 cm³/mol. The molecule has 2 heteroatoms. The molecule has 16 heavy (non-hydrogen) atoms. The van der Waals surface area contributed by atoms with E-state index in [1.165, 1.54) is 18.4 Å². The third kappa shape index (κ3) is 2.63. The lowest BCUT2D eigenvalue weighted by Crippen LogP contribution is -2.31. The predicted octanol–water partition coefficient (Wildman–Crippen LogP) is 2.80. The van der Waals surface area contributed by atoms with Crippen LogP contribution in [-0.4, -0.2) is 11.7 Å². The fourth-order valence-corrected chi connectivity index (χ4v) is 2.29. The first-order chi connectivity index (χ1) is 7.66. The molecule has 1 aromatic rings. The molecule has 3 atom stereocenters. The number of aliphatic hydroxyl groups is 1. The molecule has 0 aromatic heterocycles. The van der Waals surface area contributed by atoms with Gasteiger partial charge in [0.15, 0.2) is 0 Å². The van der Waals surface area contributed by atoms with Crippen LogP contribution in [0, 0.1) is 5.92 Å². The van der Waals surface area contributed by atoms with Gasteiger partial charge in [0, 0.05) is 6.04 Å². The monoisotopic (exact) mass is 219 g/mol. The highest BCUT2D eigenvalue weighted by Gasteiger charge is 2.18. The van der Waals surface area contributed by atoms with Crippen molar-refractivity contribution in [2.45, 2.75) is 38.8 Å². The fourth-order valence-electron chi connectivity index (χ4n) is 2.29. The summed E-state index contributed by atoms with van der Waals surface area (Å²) in [6, 6.07) is 8.82. The molecule has 1 aliphatic heterocycles. The molecule has 0 saturated carbocycles. The largest absolute Gasteiger partial charge is 0.389 e. The number of piperidine rings is 1. The topological polar surface area (TPSA) is 32.3 Å². The number of hydrogen-bond acceptors (Lipinski definition) is 2. The van der Waals surface area contributed by atoms with Crippen LogP contribution < -0.4 is 5.32 Å². The zero-order chi connectivity index (χ0) is 11.5. The van der Waals surface area contributed by atoms with Gasteiger partial charge in [0.2, 0.25) is 0 Å². The Labute approximate surface area is 97.7 Å². The number of nitrogens with one attached hydrogen (secondary N) is 1. The Morgan fingerprint density at radius 2 is 1.94 bits per heavy atom. The van der Waals surface area contributed by atoms with Gasteiger partial charge in [-0.3, -0.25) is 0 Å². The van der Waals surface area contributed by atoms with Crippen molar-refractivity contribution >= 4 is 0 Å². The van der Waals surface area contributed by atoms with Gasteiger partial charge in [0.05, 0.1) is 6.10 Å². The van der Waals surface area contributed by atoms with Crippen molar-refractivity contribution in [3.8, 4) is 0 Å². The Morgan fingerprint density at radius 3 is 2.44 bits per heavy atom. The summed E-state index contributed by atoms with van der Waals surface area (Å²) in [5.41, 5.74) is 2.34. The van der Waals surface area contributed by atoms with Crippen LogP contribution in [0.5, 0.6) is 0 Å². The molecular formula is C14H21NO. The van der Waals surface area contributed by atoms with Gasteiger partial charge >= 0.3 is 0 Å². The van der Waals surface area contributed by atoms with Crippen LogP contribution in [0.2, 0.25) is 0 Å². The molecule has 2 nitrogen and oxygen atoms in total. The summed E-state index contributed by atoms with van der Waals surface area (Å²) in [5.74, 6) is 0.799. The van der Waals surface area contributed by atoms with E-state index in [-0.39, 0.29) is 6.10 Å². The summed E-state index contributed by atoms with van der Waals surface area (Å²) in [5, 5.41) is 13.0. The van der Waals surface area contributed by atoms with Crippen molar-refractivity contribution in [2.24, 2.45) is 5.92 Å². The zero-order valence-electron chi connectivity index (χ0n) is 10.1. The molecule has 1 fully saturated rings. The highest BCUT2D eigenvalue weighted by Crippen LogP contribution is 2.26. The van der Waals surface area contributed by atoms with Gasteiger partial charge in [-0.15, -0.1) is 0 Å². The first kappa shape index (κ1) is 11.6. The standard InChI is InChI=1S/C14H21NO/c1-10-3-8-14(15-9-10)13-6-4-12(5-7-13)11(2)16/h4-7,10-11,14-16H,3,8-9H2,1-2H3/t10-,11?,14+/m1/s1. The summed E-state index contributed by atoms with van der Waals surface area (Å²) in [4.78, 5) is 0. The van der Waals surface area contributed by atoms with E-state index in [2.05, 4.69) is 24.4 Å². The Bertz CT molecular complexity index is 323.